The van der Waals surface area contributed by atoms with Crippen molar-refractivity contribution in [2.45, 2.75) is 12.2 Å². The van der Waals surface area contributed by atoms with Gasteiger partial charge in [-0.2, -0.15) is 0 Å². The highest BCUT2D eigenvalue weighted by Crippen LogP contribution is 2.25. The van der Waals surface area contributed by atoms with Crippen molar-refractivity contribution in [3.63, 3.8) is 0 Å². The summed E-state index contributed by atoms with van der Waals surface area (Å²) in [6, 6.07) is 22.2. The smallest absolute Gasteiger partial charge is 0.255 e. The summed E-state index contributed by atoms with van der Waals surface area (Å²) in [5, 5.41) is 2.88. The fourth-order valence-electron chi connectivity index (χ4n) is 3.12. The van der Waals surface area contributed by atoms with Gasteiger partial charge in [-0.05, 0) is 41.5 Å². The third kappa shape index (κ3) is 5.93. The van der Waals surface area contributed by atoms with Crippen LogP contribution >= 0.6 is 0 Å². The van der Waals surface area contributed by atoms with Gasteiger partial charge in [0.05, 0.1) is 12.9 Å². The maximum absolute atomic E-state index is 12.7. The lowest BCUT2D eigenvalue weighted by Crippen LogP contribution is -2.13. The number of ether oxygens (including phenoxy) is 1. The molecule has 0 radical (unpaired) electrons. The minimum absolute atomic E-state index is 0.0993. The van der Waals surface area contributed by atoms with Crippen LogP contribution in [0.15, 0.2) is 72.8 Å². The van der Waals surface area contributed by atoms with Gasteiger partial charge in [0.2, 0.25) is 0 Å². The number of amides is 1. The van der Waals surface area contributed by atoms with Gasteiger partial charge < -0.3 is 10.1 Å². The highest BCUT2D eigenvalue weighted by Gasteiger charge is 2.12. The van der Waals surface area contributed by atoms with Crippen molar-refractivity contribution in [2.75, 3.05) is 18.7 Å². The van der Waals surface area contributed by atoms with E-state index in [0.29, 0.717) is 23.2 Å². The van der Waals surface area contributed by atoms with Crippen molar-refractivity contribution in [2.24, 2.45) is 0 Å². The third-order valence-corrected chi connectivity index (χ3v) is 5.25. The predicted octanol–water partition coefficient (Wildman–Crippen LogP) is 4.08. The number of sulfone groups is 1. The van der Waals surface area contributed by atoms with Crippen molar-refractivity contribution in [1.82, 2.24) is 0 Å². The van der Waals surface area contributed by atoms with Crippen LogP contribution in [0.3, 0.4) is 0 Å². The number of nitrogens with one attached hydrogen (secondary N) is 1. The molecule has 0 aromatic heterocycles. The molecule has 3 aromatic carbocycles. The Morgan fingerprint density at radius 1 is 0.931 bits per heavy atom. The molecule has 1 amide bonds. The molecule has 5 nitrogen and oxygen atoms in total. The highest BCUT2D eigenvalue weighted by molar-refractivity contribution is 7.89. The Bertz CT molecular complexity index is 1110. The van der Waals surface area contributed by atoms with E-state index in [-0.39, 0.29) is 11.7 Å². The van der Waals surface area contributed by atoms with Gasteiger partial charge >= 0.3 is 0 Å². The molecule has 1 N–H and O–H groups in total. The Morgan fingerprint density at radius 3 is 2.34 bits per heavy atom. The molecule has 0 atom stereocenters. The van der Waals surface area contributed by atoms with Crippen molar-refractivity contribution >= 4 is 21.4 Å². The number of methoxy groups -OCH3 is 1. The molecule has 0 saturated heterocycles. The van der Waals surface area contributed by atoms with Gasteiger partial charge in [-0.25, -0.2) is 8.42 Å². The Kier molecular flexibility index (Phi) is 6.34. The Labute approximate surface area is 171 Å². The van der Waals surface area contributed by atoms with Gasteiger partial charge in [-0.1, -0.05) is 42.5 Å². The fraction of sp³-hybridized carbons (Fsp3) is 0.174. The zero-order chi connectivity index (χ0) is 20.9. The number of carbonyl (C=O) groups excluding carboxylic acids is 1. The zero-order valence-corrected chi connectivity index (χ0v) is 17.2. The fourth-order valence-corrected chi connectivity index (χ4v) is 3.90. The largest absolute Gasteiger partial charge is 0.496 e. The second kappa shape index (κ2) is 8.92. The molecule has 150 valence electrons. The molecule has 0 unspecified atom stereocenters. The normalized spacial score (nSPS) is 11.1. The molecule has 6 heteroatoms. The summed E-state index contributed by atoms with van der Waals surface area (Å²) in [6.45, 7) is 0. The third-order valence-electron chi connectivity index (χ3n) is 4.39. The van der Waals surface area contributed by atoms with Gasteiger partial charge in [-0.15, -0.1) is 0 Å². The molecule has 3 rings (SSSR count). The SMILES string of the molecule is COc1ccc(NC(=O)c2cccc(CS(C)(=O)=O)c2)cc1Cc1ccccc1. The Balaban J connectivity index is 1.80. The number of benzene rings is 3. The zero-order valence-electron chi connectivity index (χ0n) is 16.4. The number of hydrogen-bond acceptors (Lipinski definition) is 4. The molecule has 29 heavy (non-hydrogen) atoms. The number of carbonyl (C=O) groups is 1. The summed E-state index contributed by atoms with van der Waals surface area (Å²) in [4.78, 5) is 12.7. The number of rotatable bonds is 7. The van der Waals surface area contributed by atoms with Crippen molar-refractivity contribution in [3.8, 4) is 5.75 Å². The molecule has 3 aromatic rings. The highest BCUT2D eigenvalue weighted by atomic mass is 32.2. The minimum atomic E-state index is -3.17. The molecule has 0 saturated carbocycles. The average Bonchev–Trinajstić information content (AvgIpc) is 2.68. The summed E-state index contributed by atoms with van der Waals surface area (Å²) in [5.41, 5.74) is 3.74. The summed E-state index contributed by atoms with van der Waals surface area (Å²) in [5.74, 6) is 0.357. The first-order valence-electron chi connectivity index (χ1n) is 9.13. The lowest BCUT2D eigenvalue weighted by Gasteiger charge is -2.12. The van der Waals surface area contributed by atoms with Crippen molar-refractivity contribution in [3.05, 3.63) is 95.1 Å². The van der Waals surface area contributed by atoms with Crippen molar-refractivity contribution in [1.29, 1.82) is 0 Å². The van der Waals surface area contributed by atoms with E-state index in [1.165, 1.54) is 6.26 Å². The van der Waals surface area contributed by atoms with Crippen LogP contribution < -0.4 is 10.1 Å². The van der Waals surface area contributed by atoms with Crippen LogP contribution in [0, 0.1) is 0 Å². The Morgan fingerprint density at radius 2 is 1.66 bits per heavy atom. The van der Waals surface area contributed by atoms with Crippen LogP contribution in [0.1, 0.15) is 27.0 Å². The van der Waals surface area contributed by atoms with Crippen LogP contribution in [-0.4, -0.2) is 27.7 Å². The maximum Gasteiger partial charge on any atom is 0.255 e. The van der Waals surface area contributed by atoms with E-state index in [1.807, 2.05) is 42.5 Å². The monoisotopic (exact) mass is 409 g/mol. The first-order valence-corrected chi connectivity index (χ1v) is 11.2. The van der Waals surface area contributed by atoms with Gasteiger partial charge in [0.25, 0.3) is 5.91 Å². The number of hydrogen-bond donors (Lipinski definition) is 1. The van der Waals surface area contributed by atoms with Crippen LogP contribution in [-0.2, 0) is 22.0 Å². The van der Waals surface area contributed by atoms with Gasteiger partial charge in [0.15, 0.2) is 9.84 Å². The average molecular weight is 410 g/mol. The van der Waals surface area contributed by atoms with Gasteiger partial charge in [-0.3, -0.25) is 4.79 Å². The molecule has 0 aliphatic carbocycles. The Hall–Kier alpha value is -3.12. The molecule has 0 aliphatic heterocycles. The molecule has 0 bridgehead atoms. The van der Waals surface area contributed by atoms with Gasteiger partial charge in [0.1, 0.15) is 5.75 Å². The van der Waals surface area contributed by atoms with Crippen molar-refractivity contribution < 1.29 is 17.9 Å². The quantitative estimate of drug-likeness (QED) is 0.638. The van der Waals surface area contributed by atoms with E-state index in [9.17, 15) is 13.2 Å². The maximum atomic E-state index is 12.7. The summed E-state index contributed by atoms with van der Waals surface area (Å²) < 4.78 is 28.5. The second-order valence-corrected chi connectivity index (χ2v) is 9.05. The van der Waals surface area contributed by atoms with E-state index in [2.05, 4.69) is 5.32 Å². The lowest BCUT2D eigenvalue weighted by molar-refractivity contribution is 0.102. The lowest BCUT2D eigenvalue weighted by atomic mass is 10.0. The van der Waals surface area contributed by atoms with E-state index < -0.39 is 9.84 Å². The van der Waals surface area contributed by atoms with Gasteiger partial charge in [0, 0.05) is 29.5 Å². The van der Waals surface area contributed by atoms with E-state index in [1.54, 1.807) is 37.4 Å². The molecular formula is C23H23NO4S. The summed E-state index contributed by atoms with van der Waals surface area (Å²) in [6.07, 6.45) is 1.85. The standard InChI is InChI=1S/C23H23NO4S/c1-28-22-12-11-21(15-20(22)13-17-7-4-3-5-8-17)24-23(25)19-10-6-9-18(14-19)16-29(2,26)27/h3-12,14-15H,13,16H2,1-2H3,(H,24,25). The topological polar surface area (TPSA) is 72.5 Å². The van der Waals surface area contributed by atoms with Crippen LogP contribution in [0.2, 0.25) is 0 Å². The summed E-state index contributed by atoms with van der Waals surface area (Å²) in [7, 11) is -1.55. The summed E-state index contributed by atoms with van der Waals surface area (Å²) >= 11 is 0. The molecule has 0 aliphatic rings. The molecular weight excluding hydrogens is 386 g/mol. The molecule has 0 spiro atoms. The first-order chi connectivity index (χ1) is 13.8. The van der Waals surface area contributed by atoms with Crippen LogP contribution in [0.5, 0.6) is 5.75 Å². The second-order valence-electron chi connectivity index (χ2n) is 6.91. The molecule has 0 fully saturated rings. The van der Waals surface area contributed by atoms with Crippen LogP contribution in [0.4, 0.5) is 5.69 Å². The first kappa shape index (κ1) is 20.6. The van der Waals surface area contributed by atoms with E-state index >= 15 is 0 Å². The van der Waals surface area contributed by atoms with E-state index in [0.717, 1.165) is 16.9 Å². The van der Waals surface area contributed by atoms with Crippen LogP contribution in [0.25, 0.3) is 0 Å². The molecule has 0 heterocycles. The van der Waals surface area contributed by atoms with E-state index in [4.69, 9.17) is 4.74 Å². The number of anilines is 1. The minimum Gasteiger partial charge on any atom is -0.496 e. The predicted molar refractivity (Wildman–Crippen MR) is 115 cm³/mol.